The van der Waals surface area contributed by atoms with Crippen LogP contribution in [0.4, 0.5) is 5.95 Å². The highest BCUT2D eigenvalue weighted by molar-refractivity contribution is 5.30. The lowest BCUT2D eigenvalue weighted by Crippen LogP contribution is -2.26. The maximum Gasteiger partial charge on any atom is 0.226 e. The van der Waals surface area contributed by atoms with Crippen LogP contribution in [0.25, 0.3) is 0 Å². The summed E-state index contributed by atoms with van der Waals surface area (Å²) in [5.41, 5.74) is 0.923. The summed E-state index contributed by atoms with van der Waals surface area (Å²) in [7, 11) is 2.15. The largest absolute Gasteiger partial charge is 0.476 e. The lowest BCUT2D eigenvalue weighted by Gasteiger charge is -2.15. The number of likely N-dealkylation sites (N-methyl/N-ethyl adjacent to an activating group) is 1. The molecular weight excluding hydrogens is 228 g/mol. The Bertz CT molecular complexity index is 393. The van der Waals surface area contributed by atoms with Gasteiger partial charge in [0.15, 0.2) is 0 Å². The highest BCUT2D eigenvalue weighted by Gasteiger charge is 2.25. The first-order chi connectivity index (χ1) is 8.69. The predicted molar refractivity (Wildman–Crippen MR) is 72.1 cm³/mol. The minimum Gasteiger partial charge on any atom is -0.476 e. The number of nitrogens with one attached hydrogen (secondary N) is 1. The Labute approximate surface area is 109 Å². The minimum absolute atomic E-state index is 0.642. The quantitative estimate of drug-likeness (QED) is 0.798. The number of hydrogen-bond acceptors (Lipinski definition) is 5. The molecule has 5 nitrogen and oxygen atoms in total. The third-order valence-electron chi connectivity index (χ3n) is 3.03. The van der Waals surface area contributed by atoms with Gasteiger partial charge in [-0.1, -0.05) is 0 Å². The summed E-state index contributed by atoms with van der Waals surface area (Å²) in [6.07, 6.45) is 2.65. The van der Waals surface area contributed by atoms with E-state index in [2.05, 4.69) is 27.2 Å². The van der Waals surface area contributed by atoms with Gasteiger partial charge in [-0.2, -0.15) is 4.98 Å². The molecule has 0 bridgehead atoms. The van der Waals surface area contributed by atoms with Gasteiger partial charge in [-0.3, -0.25) is 0 Å². The molecule has 0 atom stereocenters. The van der Waals surface area contributed by atoms with E-state index in [9.17, 15) is 0 Å². The predicted octanol–water partition coefficient (Wildman–Crippen LogP) is 1.69. The Morgan fingerprint density at radius 2 is 2.22 bits per heavy atom. The molecule has 1 aliphatic rings. The average Bonchev–Trinajstić information content (AvgIpc) is 3.12. The van der Waals surface area contributed by atoms with E-state index in [0.29, 0.717) is 18.4 Å². The highest BCUT2D eigenvalue weighted by Crippen LogP contribution is 2.24. The van der Waals surface area contributed by atoms with Crippen molar-refractivity contribution >= 4 is 5.95 Å². The number of aryl methyl sites for hydroxylation is 1. The molecule has 0 radical (unpaired) electrons. The molecule has 18 heavy (non-hydrogen) atoms. The molecule has 1 heterocycles. The number of ether oxygens (including phenoxy) is 1. The summed E-state index contributed by atoms with van der Waals surface area (Å²) >= 11 is 0. The Balaban J connectivity index is 1.83. The van der Waals surface area contributed by atoms with Crippen LogP contribution in [0.15, 0.2) is 6.07 Å². The van der Waals surface area contributed by atoms with Crippen molar-refractivity contribution in [3.8, 4) is 5.88 Å². The van der Waals surface area contributed by atoms with Crippen molar-refractivity contribution in [1.29, 1.82) is 0 Å². The van der Waals surface area contributed by atoms with Gasteiger partial charge >= 0.3 is 0 Å². The van der Waals surface area contributed by atoms with Gasteiger partial charge < -0.3 is 15.0 Å². The van der Waals surface area contributed by atoms with Crippen molar-refractivity contribution in [3.63, 3.8) is 0 Å². The molecule has 5 heteroatoms. The SMILES string of the molecule is CCNc1nc(C)cc(OCCN(C)C2CC2)n1. The molecule has 1 aromatic heterocycles. The van der Waals surface area contributed by atoms with Gasteiger partial charge in [-0.15, -0.1) is 0 Å². The maximum atomic E-state index is 5.69. The number of nitrogens with zero attached hydrogens (tertiary/aromatic N) is 3. The molecule has 100 valence electrons. The van der Waals surface area contributed by atoms with E-state index in [1.807, 2.05) is 19.9 Å². The number of anilines is 1. The summed E-state index contributed by atoms with van der Waals surface area (Å²) in [6, 6.07) is 2.65. The molecule has 0 amide bonds. The van der Waals surface area contributed by atoms with E-state index in [1.54, 1.807) is 0 Å². The van der Waals surface area contributed by atoms with Crippen molar-refractivity contribution in [2.45, 2.75) is 32.7 Å². The zero-order valence-corrected chi connectivity index (χ0v) is 11.4. The van der Waals surface area contributed by atoms with Gasteiger partial charge in [0.2, 0.25) is 11.8 Å². The smallest absolute Gasteiger partial charge is 0.226 e. The number of rotatable bonds is 7. The lowest BCUT2D eigenvalue weighted by atomic mass is 10.4. The van der Waals surface area contributed by atoms with E-state index in [-0.39, 0.29) is 0 Å². The third-order valence-corrected chi connectivity index (χ3v) is 3.03. The van der Waals surface area contributed by atoms with Crippen LogP contribution in [0.1, 0.15) is 25.5 Å². The molecule has 0 aromatic carbocycles. The standard InChI is InChI=1S/C13H22N4O/c1-4-14-13-15-10(2)9-12(16-13)18-8-7-17(3)11-5-6-11/h9,11H,4-8H2,1-3H3,(H,14,15,16). The summed E-state index contributed by atoms with van der Waals surface area (Å²) < 4.78 is 5.69. The number of aromatic nitrogens is 2. The molecule has 1 fully saturated rings. The van der Waals surface area contributed by atoms with Crippen molar-refractivity contribution < 1.29 is 4.74 Å². The normalized spacial score (nSPS) is 14.9. The van der Waals surface area contributed by atoms with Gasteiger partial charge in [0, 0.05) is 30.9 Å². The van der Waals surface area contributed by atoms with Gasteiger partial charge in [-0.25, -0.2) is 4.98 Å². The Hall–Kier alpha value is -1.36. The second kappa shape index (κ2) is 6.00. The molecular formula is C13H22N4O. The highest BCUT2D eigenvalue weighted by atomic mass is 16.5. The second-order valence-electron chi connectivity index (χ2n) is 4.76. The first kappa shape index (κ1) is 13.1. The van der Waals surface area contributed by atoms with Crippen molar-refractivity contribution in [3.05, 3.63) is 11.8 Å². The van der Waals surface area contributed by atoms with Gasteiger partial charge in [0.05, 0.1) is 0 Å². The monoisotopic (exact) mass is 250 g/mol. The topological polar surface area (TPSA) is 50.3 Å². The Morgan fingerprint density at radius 3 is 2.89 bits per heavy atom. The van der Waals surface area contributed by atoms with Gasteiger partial charge in [-0.05, 0) is 33.7 Å². The van der Waals surface area contributed by atoms with E-state index in [1.165, 1.54) is 12.8 Å². The van der Waals surface area contributed by atoms with Crippen LogP contribution in [0.3, 0.4) is 0 Å². The summed E-state index contributed by atoms with van der Waals surface area (Å²) in [5.74, 6) is 1.30. The summed E-state index contributed by atoms with van der Waals surface area (Å²) in [5, 5.41) is 3.10. The Morgan fingerprint density at radius 1 is 1.44 bits per heavy atom. The zero-order chi connectivity index (χ0) is 13.0. The van der Waals surface area contributed by atoms with Crippen LogP contribution < -0.4 is 10.1 Å². The maximum absolute atomic E-state index is 5.69. The molecule has 1 N–H and O–H groups in total. The van der Waals surface area contributed by atoms with Gasteiger partial charge in [0.1, 0.15) is 6.61 Å². The van der Waals surface area contributed by atoms with Crippen molar-refractivity contribution in [2.24, 2.45) is 0 Å². The average molecular weight is 250 g/mol. The molecule has 0 unspecified atom stereocenters. The van der Waals surface area contributed by atoms with Gasteiger partial charge in [0.25, 0.3) is 0 Å². The van der Waals surface area contributed by atoms with E-state index < -0.39 is 0 Å². The van der Waals surface area contributed by atoms with E-state index in [0.717, 1.165) is 24.8 Å². The van der Waals surface area contributed by atoms with E-state index >= 15 is 0 Å². The van der Waals surface area contributed by atoms with Crippen LogP contribution in [-0.2, 0) is 0 Å². The molecule has 2 rings (SSSR count). The molecule has 0 spiro atoms. The first-order valence-corrected chi connectivity index (χ1v) is 6.61. The van der Waals surface area contributed by atoms with Crippen LogP contribution in [0, 0.1) is 6.92 Å². The Kier molecular flexibility index (Phi) is 4.36. The van der Waals surface area contributed by atoms with Crippen LogP contribution >= 0.6 is 0 Å². The van der Waals surface area contributed by atoms with Crippen LogP contribution in [-0.4, -0.2) is 47.7 Å². The molecule has 0 saturated heterocycles. The molecule has 1 saturated carbocycles. The van der Waals surface area contributed by atoms with Crippen molar-refractivity contribution in [2.75, 3.05) is 32.1 Å². The second-order valence-corrected chi connectivity index (χ2v) is 4.76. The fourth-order valence-corrected chi connectivity index (χ4v) is 1.84. The fraction of sp³-hybridized carbons (Fsp3) is 0.692. The first-order valence-electron chi connectivity index (χ1n) is 6.61. The summed E-state index contributed by atoms with van der Waals surface area (Å²) in [6.45, 7) is 6.41. The van der Waals surface area contributed by atoms with E-state index in [4.69, 9.17) is 4.74 Å². The van der Waals surface area contributed by atoms with Crippen LogP contribution in [0.2, 0.25) is 0 Å². The zero-order valence-electron chi connectivity index (χ0n) is 11.4. The molecule has 0 aliphatic heterocycles. The molecule has 1 aromatic rings. The minimum atomic E-state index is 0.642. The van der Waals surface area contributed by atoms with Crippen molar-refractivity contribution in [1.82, 2.24) is 14.9 Å². The third kappa shape index (κ3) is 3.84. The lowest BCUT2D eigenvalue weighted by molar-refractivity contribution is 0.226. The summed E-state index contributed by atoms with van der Waals surface area (Å²) in [4.78, 5) is 11.0. The molecule has 1 aliphatic carbocycles. The fourth-order valence-electron chi connectivity index (χ4n) is 1.84. The van der Waals surface area contributed by atoms with Crippen LogP contribution in [0.5, 0.6) is 5.88 Å². The number of hydrogen-bond donors (Lipinski definition) is 1.